The summed E-state index contributed by atoms with van der Waals surface area (Å²) in [6.07, 6.45) is 6.57. The van der Waals surface area contributed by atoms with Crippen molar-refractivity contribution in [3.8, 4) is 55.9 Å². The van der Waals surface area contributed by atoms with Gasteiger partial charge in [-0.3, -0.25) is 0 Å². The quantitative estimate of drug-likeness (QED) is 0.169. The molecule has 14 rings (SSSR count). The van der Waals surface area contributed by atoms with Gasteiger partial charge in [0.25, 0.3) is 0 Å². The van der Waals surface area contributed by atoms with Gasteiger partial charge in [-0.05, 0) is 129 Å². The van der Waals surface area contributed by atoms with Crippen LogP contribution >= 0.6 is 0 Å². The van der Waals surface area contributed by atoms with Gasteiger partial charge in [0.15, 0.2) is 0 Å². The number of allylic oxidation sites excluding steroid dienone is 1. The fraction of sp³-hybridized carbons (Fsp3) is 0.108. The molecule has 9 aromatic carbocycles. The van der Waals surface area contributed by atoms with Crippen LogP contribution in [0.15, 0.2) is 205 Å². The minimum Gasteiger partial charge on any atom is -0.460 e. The van der Waals surface area contributed by atoms with Crippen LogP contribution in [-0.4, -0.2) is 9.13 Å². The lowest BCUT2D eigenvalue weighted by atomic mass is 9.79. The maximum Gasteiger partial charge on any atom is 0.135 e. The van der Waals surface area contributed by atoms with Crippen LogP contribution in [0.3, 0.4) is 0 Å². The molecule has 3 heteroatoms. The number of nitrogens with zero attached hydrogens (tertiary/aromatic N) is 2. The molecule has 0 saturated carbocycles. The number of fused-ring (bicyclic) bond motifs is 13. The van der Waals surface area contributed by atoms with Crippen LogP contribution in [0.25, 0.3) is 117 Å². The average molecular weight is 875 g/mol. The van der Waals surface area contributed by atoms with E-state index in [1.54, 1.807) is 0 Å². The topological polar surface area (TPSA) is 23.0 Å². The first-order valence-corrected chi connectivity index (χ1v) is 24.2. The SMILES string of the molecule is CC.CC1(C)c2cc(-n3c4ccccc4c4cc(-c5ccc6c7ccccc7n(-c7cc(-c8ccccc8)cc(-c8ccccc8)c7)c6c5)ccc43)ccc2-c2ccc3oc4c(c3c21)C=CCC4. The Morgan fingerprint density at radius 3 is 1.75 bits per heavy atom. The van der Waals surface area contributed by atoms with Crippen molar-refractivity contribution >= 4 is 60.7 Å². The van der Waals surface area contributed by atoms with E-state index < -0.39 is 0 Å². The van der Waals surface area contributed by atoms with Gasteiger partial charge in [-0.15, -0.1) is 0 Å². The fourth-order valence-corrected chi connectivity index (χ4v) is 11.7. The highest BCUT2D eigenvalue weighted by Crippen LogP contribution is 2.54. The highest BCUT2D eigenvalue weighted by molar-refractivity contribution is 6.13. The minimum atomic E-state index is -0.206. The number of aromatic nitrogens is 2. The molecule has 0 amide bonds. The van der Waals surface area contributed by atoms with Gasteiger partial charge < -0.3 is 13.6 Å². The van der Waals surface area contributed by atoms with Crippen LogP contribution < -0.4 is 0 Å². The molecule has 12 aromatic rings. The lowest BCUT2D eigenvalue weighted by Crippen LogP contribution is -2.16. The Hall–Kier alpha value is -8.14. The molecule has 0 fully saturated rings. The number of rotatable bonds is 5. The summed E-state index contributed by atoms with van der Waals surface area (Å²) in [5.74, 6) is 1.12. The summed E-state index contributed by atoms with van der Waals surface area (Å²) in [6, 6.07) is 71.9. The second-order valence-corrected chi connectivity index (χ2v) is 18.8. The van der Waals surface area contributed by atoms with E-state index in [-0.39, 0.29) is 5.41 Å². The van der Waals surface area contributed by atoms with Crippen molar-refractivity contribution in [2.75, 3.05) is 0 Å². The van der Waals surface area contributed by atoms with E-state index in [2.05, 4.69) is 229 Å². The highest BCUT2D eigenvalue weighted by atomic mass is 16.3. The molecule has 2 aliphatic carbocycles. The van der Waals surface area contributed by atoms with E-state index in [9.17, 15) is 0 Å². The lowest BCUT2D eigenvalue weighted by Gasteiger charge is -2.23. The maximum atomic E-state index is 6.47. The molecule has 326 valence electrons. The minimum absolute atomic E-state index is 0.206. The van der Waals surface area contributed by atoms with Crippen LogP contribution in [0.4, 0.5) is 0 Å². The molecule has 68 heavy (non-hydrogen) atoms. The summed E-state index contributed by atoms with van der Waals surface area (Å²) in [7, 11) is 0. The molecule has 0 radical (unpaired) electrons. The third-order valence-corrected chi connectivity index (χ3v) is 14.7. The zero-order valence-electron chi connectivity index (χ0n) is 38.8. The van der Waals surface area contributed by atoms with Crippen LogP contribution in [0, 0.1) is 0 Å². The van der Waals surface area contributed by atoms with Crippen molar-refractivity contribution in [1.82, 2.24) is 9.13 Å². The monoisotopic (exact) mass is 874 g/mol. The van der Waals surface area contributed by atoms with E-state index in [1.807, 2.05) is 13.8 Å². The molecule has 0 aliphatic heterocycles. The van der Waals surface area contributed by atoms with Gasteiger partial charge in [-0.2, -0.15) is 0 Å². The smallest absolute Gasteiger partial charge is 0.135 e. The standard InChI is InChI=1S/C63H44N2O.C2H6/c1-63(2)54-38-45(27-29-47(54)51-30-32-60-61(62(51)63)52-21-11-14-24-59(52)66-60)64-56-23-13-10-20-49(56)53-36-41(26-31-57(53)64)42-25-28-50-48-19-9-12-22-55(48)65(58(50)37-42)46-34-43(39-15-5-3-6-16-39)33-44(35-46)40-17-7-4-8-18-40;1-2/h3-13,15-23,25-38H,14,24H2,1-2H3;1-2H3. The maximum absolute atomic E-state index is 6.47. The van der Waals surface area contributed by atoms with Crippen molar-refractivity contribution < 1.29 is 4.42 Å². The zero-order chi connectivity index (χ0) is 45.7. The number of hydrogen-bond donors (Lipinski definition) is 0. The summed E-state index contributed by atoms with van der Waals surface area (Å²) in [5.41, 5.74) is 21.7. The Bertz CT molecular complexity index is 3950. The van der Waals surface area contributed by atoms with Crippen LogP contribution in [0.5, 0.6) is 0 Å². The van der Waals surface area contributed by atoms with E-state index in [0.717, 1.165) is 29.9 Å². The van der Waals surface area contributed by atoms with Crippen molar-refractivity contribution in [2.45, 2.75) is 46.0 Å². The second kappa shape index (κ2) is 15.5. The van der Waals surface area contributed by atoms with Gasteiger partial charge in [0.2, 0.25) is 0 Å². The van der Waals surface area contributed by atoms with E-state index in [4.69, 9.17) is 4.42 Å². The lowest BCUT2D eigenvalue weighted by molar-refractivity contribution is 0.546. The first kappa shape index (κ1) is 40.2. The molecule has 0 bridgehead atoms. The van der Waals surface area contributed by atoms with Gasteiger partial charge in [0.05, 0.1) is 22.1 Å². The third-order valence-electron chi connectivity index (χ3n) is 14.7. The van der Waals surface area contributed by atoms with Crippen molar-refractivity contribution in [2.24, 2.45) is 0 Å². The molecule has 3 nitrogen and oxygen atoms in total. The van der Waals surface area contributed by atoms with Gasteiger partial charge in [-0.1, -0.05) is 167 Å². The largest absolute Gasteiger partial charge is 0.460 e. The van der Waals surface area contributed by atoms with Crippen LogP contribution in [-0.2, 0) is 11.8 Å². The average Bonchev–Trinajstić information content (AvgIpc) is 4.11. The summed E-state index contributed by atoms with van der Waals surface area (Å²) >= 11 is 0. The Labute approximate surface area is 396 Å². The fourth-order valence-electron chi connectivity index (χ4n) is 11.7. The highest BCUT2D eigenvalue weighted by Gasteiger charge is 2.39. The number of aryl methyl sites for hydroxylation is 1. The summed E-state index contributed by atoms with van der Waals surface area (Å²) < 4.78 is 11.4. The Morgan fingerprint density at radius 2 is 1.03 bits per heavy atom. The number of benzene rings is 9. The number of hydrogen-bond acceptors (Lipinski definition) is 1. The molecule has 3 heterocycles. The Morgan fingerprint density at radius 1 is 0.441 bits per heavy atom. The van der Waals surface area contributed by atoms with Crippen molar-refractivity contribution in [3.63, 3.8) is 0 Å². The molecule has 3 aromatic heterocycles. The number of furan rings is 1. The van der Waals surface area contributed by atoms with Gasteiger partial charge in [0, 0.05) is 55.7 Å². The Balaban J connectivity index is 0.00000226. The van der Waals surface area contributed by atoms with Crippen LogP contribution in [0.1, 0.15) is 56.6 Å². The van der Waals surface area contributed by atoms with Crippen molar-refractivity contribution in [1.29, 1.82) is 0 Å². The molecule has 2 aliphatic rings. The predicted octanol–water partition coefficient (Wildman–Crippen LogP) is 17.9. The summed E-state index contributed by atoms with van der Waals surface area (Å²) in [4.78, 5) is 0. The summed E-state index contributed by atoms with van der Waals surface area (Å²) in [6.45, 7) is 8.78. The summed E-state index contributed by atoms with van der Waals surface area (Å²) in [5, 5.41) is 6.26. The van der Waals surface area contributed by atoms with Crippen LogP contribution in [0.2, 0.25) is 0 Å². The predicted molar refractivity (Wildman–Crippen MR) is 287 cm³/mol. The molecular weight excluding hydrogens is 825 g/mol. The van der Waals surface area contributed by atoms with E-state index in [0.29, 0.717) is 0 Å². The molecule has 0 saturated heterocycles. The van der Waals surface area contributed by atoms with E-state index >= 15 is 0 Å². The van der Waals surface area contributed by atoms with E-state index in [1.165, 1.54) is 116 Å². The van der Waals surface area contributed by atoms with Gasteiger partial charge in [-0.25, -0.2) is 0 Å². The molecule has 0 spiro atoms. The number of para-hydroxylation sites is 2. The van der Waals surface area contributed by atoms with Gasteiger partial charge in [0.1, 0.15) is 11.3 Å². The third kappa shape index (κ3) is 5.98. The van der Waals surface area contributed by atoms with Crippen molar-refractivity contribution in [3.05, 3.63) is 223 Å². The van der Waals surface area contributed by atoms with Gasteiger partial charge >= 0.3 is 0 Å². The zero-order valence-corrected chi connectivity index (χ0v) is 38.8. The molecule has 0 atom stereocenters. The normalized spacial score (nSPS) is 13.5. The first-order chi connectivity index (χ1) is 33.5. The first-order valence-electron chi connectivity index (χ1n) is 24.2. The molecular formula is C65H50N2O. The molecule has 0 unspecified atom stereocenters. The molecule has 0 N–H and O–H groups in total. The Kier molecular flexibility index (Phi) is 9.14. The second-order valence-electron chi connectivity index (χ2n) is 18.8.